The molecule has 1 aromatic heterocycles. The summed E-state index contributed by atoms with van der Waals surface area (Å²) in [6.07, 6.45) is 2.43. The molecule has 0 radical (unpaired) electrons. The fourth-order valence-electron chi connectivity index (χ4n) is 0.944. The van der Waals surface area contributed by atoms with Gasteiger partial charge in [-0.25, -0.2) is 0 Å². The Morgan fingerprint density at radius 3 is 3.30 bits per heavy atom. The largest absolute Gasteiger partial charge is 0.448 e. The summed E-state index contributed by atoms with van der Waals surface area (Å²) < 4.78 is 5.18. The van der Waals surface area contributed by atoms with Crippen molar-refractivity contribution < 1.29 is 4.74 Å². The highest BCUT2D eigenvalue weighted by atomic mass is 32.1. The van der Waals surface area contributed by atoms with Crippen molar-refractivity contribution in [2.24, 2.45) is 0 Å². The molecule has 0 spiro atoms. The Kier molecular flexibility index (Phi) is 1.17. The molecule has 2 nitrogen and oxygen atoms in total. The van der Waals surface area contributed by atoms with Crippen LogP contribution >= 0.6 is 12.2 Å². The van der Waals surface area contributed by atoms with Crippen molar-refractivity contribution in [1.29, 1.82) is 0 Å². The van der Waals surface area contributed by atoms with E-state index in [1.165, 1.54) is 0 Å². The molecule has 3 heteroatoms. The SMILES string of the molecule is S=C1Cc2ncccc2O1. The third-order valence-corrected chi connectivity index (χ3v) is 1.61. The number of pyridine rings is 1. The Hall–Kier alpha value is -0.960. The van der Waals surface area contributed by atoms with Gasteiger partial charge in [0.2, 0.25) is 0 Å². The van der Waals surface area contributed by atoms with Crippen LogP contribution in [-0.2, 0) is 6.42 Å². The van der Waals surface area contributed by atoms with Crippen molar-refractivity contribution in [3.63, 3.8) is 0 Å². The highest BCUT2D eigenvalue weighted by Crippen LogP contribution is 2.22. The lowest BCUT2D eigenvalue weighted by Crippen LogP contribution is -1.96. The van der Waals surface area contributed by atoms with Crippen molar-refractivity contribution in [2.75, 3.05) is 0 Å². The summed E-state index contributed by atoms with van der Waals surface area (Å²) in [5.41, 5.74) is 0.951. The van der Waals surface area contributed by atoms with Gasteiger partial charge in [-0.3, -0.25) is 4.98 Å². The normalized spacial score (nSPS) is 14.6. The summed E-state index contributed by atoms with van der Waals surface area (Å²) in [5.74, 6) is 0.813. The summed E-state index contributed by atoms with van der Waals surface area (Å²) in [7, 11) is 0. The molecule has 0 fully saturated rings. The van der Waals surface area contributed by atoms with E-state index in [1.54, 1.807) is 6.20 Å². The van der Waals surface area contributed by atoms with Gasteiger partial charge < -0.3 is 4.74 Å². The van der Waals surface area contributed by atoms with E-state index in [2.05, 4.69) is 4.98 Å². The van der Waals surface area contributed by atoms with E-state index in [0.717, 1.165) is 11.4 Å². The van der Waals surface area contributed by atoms with Gasteiger partial charge in [-0.1, -0.05) is 0 Å². The van der Waals surface area contributed by atoms with Crippen molar-refractivity contribution in [3.05, 3.63) is 24.0 Å². The molecule has 0 N–H and O–H groups in total. The van der Waals surface area contributed by atoms with Crippen LogP contribution in [0.1, 0.15) is 5.69 Å². The maximum absolute atomic E-state index is 5.18. The van der Waals surface area contributed by atoms with E-state index in [0.29, 0.717) is 11.5 Å². The molecule has 2 heterocycles. The number of ether oxygens (including phenoxy) is 1. The van der Waals surface area contributed by atoms with Crippen LogP contribution in [0, 0.1) is 0 Å². The molecule has 2 rings (SSSR count). The molecule has 0 bridgehead atoms. The van der Waals surface area contributed by atoms with Gasteiger partial charge in [0, 0.05) is 6.20 Å². The van der Waals surface area contributed by atoms with E-state index in [-0.39, 0.29) is 0 Å². The Morgan fingerprint density at radius 1 is 1.60 bits per heavy atom. The summed E-state index contributed by atoms with van der Waals surface area (Å²) in [6.45, 7) is 0. The second-order valence-corrected chi connectivity index (χ2v) is 2.55. The van der Waals surface area contributed by atoms with Gasteiger partial charge in [-0.05, 0) is 24.4 Å². The van der Waals surface area contributed by atoms with Gasteiger partial charge in [0.1, 0.15) is 5.75 Å². The van der Waals surface area contributed by atoms with Crippen molar-refractivity contribution in [3.8, 4) is 5.75 Å². The van der Waals surface area contributed by atoms with Crippen molar-refractivity contribution in [1.82, 2.24) is 4.98 Å². The maximum atomic E-state index is 5.18. The van der Waals surface area contributed by atoms with Gasteiger partial charge in [0.15, 0.2) is 5.05 Å². The van der Waals surface area contributed by atoms with Crippen molar-refractivity contribution in [2.45, 2.75) is 6.42 Å². The number of hydrogen-bond acceptors (Lipinski definition) is 3. The minimum absolute atomic E-state index is 0.619. The van der Waals surface area contributed by atoms with E-state index >= 15 is 0 Å². The third-order valence-electron chi connectivity index (χ3n) is 1.38. The molecule has 50 valence electrons. The highest BCUT2D eigenvalue weighted by Gasteiger charge is 2.16. The molecular formula is C7H5NOS. The molecule has 1 aromatic rings. The minimum atomic E-state index is 0.619. The summed E-state index contributed by atoms with van der Waals surface area (Å²) in [5, 5.41) is 0.619. The number of thiocarbonyl (C=S) groups is 1. The monoisotopic (exact) mass is 151 g/mol. The first-order chi connectivity index (χ1) is 4.86. The third kappa shape index (κ3) is 0.789. The maximum Gasteiger partial charge on any atom is 0.173 e. The molecule has 1 aliphatic rings. The number of fused-ring (bicyclic) bond motifs is 1. The van der Waals surface area contributed by atoms with Crippen LogP contribution in [0.5, 0.6) is 5.75 Å². The summed E-state index contributed by atoms with van der Waals surface area (Å²) in [4.78, 5) is 4.10. The molecule has 0 saturated heterocycles. The lowest BCUT2D eigenvalue weighted by molar-refractivity contribution is 0.577. The molecule has 0 saturated carbocycles. The van der Waals surface area contributed by atoms with Crippen LogP contribution in [0.15, 0.2) is 18.3 Å². The Morgan fingerprint density at radius 2 is 2.50 bits per heavy atom. The van der Waals surface area contributed by atoms with Crippen LogP contribution < -0.4 is 4.74 Å². The average molecular weight is 151 g/mol. The summed E-state index contributed by atoms with van der Waals surface area (Å²) in [6, 6.07) is 3.72. The Bertz CT molecular complexity index is 258. The summed E-state index contributed by atoms with van der Waals surface area (Å²) >= 11 is 4.86. The van der Waals surface area contributed by atoms with E-state index < -0.39 is 0 Å². The Labute approximate surface area is 63.8 Å². The second-order valence-electron chi connectivity index (χ2n) is 2.10. The molecule has 1 aliphatic heterocycles. The van der Waals surface area contributed by atoms with E-state index in [1.807, 2.05) is 12.1 Å². The zero-order valence-electron chi connectivity index (χ0n) is 5.20. The lowest BCUT2D eigenvalue weighted by Gasteiger charge is -1.92. The zero-order chi connectivity index (χ0) is 6.97. The first-order valence-electron chi connectivity index (χ1n) is 3.01. The zero-order valence-corrected chi connectivity index (χ0v) is 6.02. The molecule has 0 atom stereocenters. The molecule has 10 heavy (non-hydrogen) atoms. The first kappa shape index (κ1) is 5.80. The molecule has 0 unspecified atom stereocenters. The highest BCUT2D eigenvalue weighted by molar-refractivity contribution is 7.80. The van der Waals surface area contributed by atoms with Gasteiger partial charge in [0.05, 0.1) is 12.1 Å². The van der Waals surface area contributed by atoms with Crippen LogP contribution in [0.2, 0.25) is 0 Å². The predicted octanol–water partition coefficient (Wildman–Crippen LogP) is 1.34. The number of hydrogen-bond donors (Lipinski definition) is 0. The van der Waals surface area contributed by atoms with E-state index in [9.17, 15) is 0 Å². The fraction of sp³-hybridized carbons (Fsp3) is 0.143. The van der Waals surface area contributed by atoms with Gasteiger partial charge in [-0.2, -0.15) is 0 Å². The number of aromatic nitrogens is 1. The first-order valence-corrected chi connectivity index (χ1v) is 3.41. The molecule has 0 amide bonds. The topological polar surface area (TPSA) is 22.1 Å². The average Bonchev–Trinajstić information content (AvgIpc) is 2.27. The quantitative estimate of drug-likeness (QED) is 0.522. The number of nitrogens with zero attached hydrogens (tertiary/aromatic N) is 1. The molecule has 0 aliphatic carbocycles. The smallest absolute Gasteiger partial charge is 0.173 e. The Balaban J connectivity index is 2.51. The van der Waals surface area contributed by atoms with Crippen LogP contribution in [-0.4, -0.2) is 10.0 Å². The minimum Gasteiger partial charge on any atom is -0.448 e. The van der Waals surface area contributed by atoms with Gasteiger partial charge in [0.25, 0.3) is 0 Å². The van der Waals surface area contributed by atoms with Crippen LogP contribution in [0.4, 0.5) is 0 Å². The predicted molar refractivity (Wildman–Crippen MR) is 41.2 cm³/mol. The van der Waals surface area contributed by atoms with E-state index in [4.69, 9.17) is 17.0 Å². The molecule has 0 aromatic carbocycles. The van der Waals surface area contributed by atoms with Crippen LogP contribution in [0.25, 0.3) is 0 Å². The fourth-order valence-corrected chi connectivity index (χ4v) is 1.17. The van der Waals surface area contributed by atoms with Gasteiger partial charge in [-0.15, -0.1) is 0 Å². The number of rotatable bonds is 0. The molecular weight excluding hydrogens is 146 g/mol. The lowest BCUT2D eigenvalue weighted by atomic mass is 10.3. The van der Waals surface area contributed by atoms with Crippen LogP contribution in [0.3, 0.4) is 0 Å². The standard InChI is InChI=1S/C7H5NOS/c10-7-4-5-6(9-7)2-1-3-8-5/h1-3H,4H2. The van der Waals surface area contributed by atoms with Crippen molar-refractivity contribution >= 4 is 17.3 Å². The van der Waals surface area contributed by atoms with Gasteiger partial charge >= 0.3 is 0 Å². The second kappa shape index (κ2) is 2.02.